The number of β-amino-alcohol motifs (C(OH)–C–C–N with tert-alkyl or cyclic N) is 1. The maximum absolute atomic E-state index is 9.59. The van der Waals surface area contributed by atoms with Gasteiger partial charge in [0.05, 0.1) is 6.10 Å². The molecule has 2 heterocycles. The summed E-state index contributed by atoms with van der Waals surface area (Å²) in [4.78, 5) is 0. The van der Waals surface area contributed by atoms with E-state index in [1.54, 1.807) is 0 Å². The lowest BCUT2D eigenvalue weighted by molar-refractivity contribution is 0.0740. The third-order valence-electron chi connectivity index (χ3n) is 3.19. The second-order valence-electron chi connectivity index (χ2n) is 4.28. The minimum absolute atomic E-state index is 0. The number of rotatable bonds is 3. The van der Waals surface area contributed by atoms with Crippen LogP contribution < -0.4 is 10.6 Å². The fourth-order valence-corrected chi connectivity index (χ4v) is 2.15. The molecule has 3 N–H and O–H groups in total. The number of halogens is 1. The molecule has 2 rings (SSSR count). The highest BCUT2D eigenvalue weighted by molar-refractivity contribution is 5.85. The predicted octanol–water partition coefficient (Wildman–Crippen LogP) is -0.243. The van der Waals surface area contributed by atoms with Gasteiger partial charge in [-0.1, -0.05) is 0 Å². The molecular weight excluding hydrogens is 216 g/mol. The SMILES string of the molecule is Cl.OC1CNCC1CNC1CCOCC1. The zero-order valence-electron chi connectivity index (χ0n) is 8.95. The van der Waals surface area contributed by atoms with Crippen molar-refractivity contribution in [2.75, 3.05) is 32.8 Å². The van der Waals surface area contributed by atoms with Gasteiger partial charge in [0.25, 0.3) is 0 Å². The number of aliphatic hydroxyl groups excluding tert-OH is 1. The first-order chi connectivity index (χ1) is 6.86. The van der Waals surface area contributed by atoms with E-state index in [1.165, 1.54) is 0 Å². The highest BCUT2D eigenvalue weighted by atomic mass is 35.5. The molecule has 2 atom stereocenters. The van der Waals surface area contributed by atoms with Crippen molar-refractivity contribution in [3.05, 3.63) is 0 Å². The smallest absolute Gasteiger partial charge is 0.0716 e. The fourth-order valence-electron chi connectivity index (χ4n) is 2.15. The predicted molar refractivity (Wildman–Crippen MR) is 61.5 cm³/mol. The first-order valence-corrected chi connectivity index (χ1v) is 5.56. The van der Waals surface area contributed by atoms with Crippen molar-refractivity contribution in [3.63, 3.8) is 0 Å². The van der Waals surface area contributed by atoms with Crippen molar-refractivity contribution in [1.82, 2.24) is 10.6 Å². The van der Waals surface area contributed by atoms with Gasteiger partial charge < -0.3 is 20.5 Å². The fraction of sp³-hybridized carbons (Fsp3) is 1.00. The van der Waals surface area contributed by atoms with E-state index < -0.39 is 0 Å². The molecule has 2 saturated heterocycles. The van der Waals surface area contributed by atoms with Crippen molar-refractivity contribution in [2.24, 2.45) is 5.92 Å². The van der Waals surface area contributed by atoms with Crippen LogP contribution in [0.3, 0.4) is 0 Å². The Hall–Kier alpha value is 0.130. The van der Waals surface area contributed by atoms with Crippen molar-refractivity contribution < 1.29 is 9.84 Å². The lowest BCUT2D eigenvalue weighted by Crippen LogP contribution is -2.40. The summed E-state index contributed by atoms with van der Waals surface area (Å²) in [5, 5.41) is 16.3. The molecular formula is C10H21ClN2O2. The van der Waals surface area contributed by atoms with E-state index in [2.05, 4.69) is 10.6 Å². The lowest BCUT2D eigenvalue weighted by atomic mass is 10.0. The van der Waals surface area contributed by atoms with Gasteiger partial charge in [0.2, 0.25) is 0 Å². The van der Waals surface area contributed by atoms with Gasteiger partial charge in [-0.3, -0.25) is 0 Å². The van der Waals surface area contributed by atoms with Crippen LogP contribution in [-0.4, -0.2) is 50.1 Å². The lowest BCUT2D eigenvalue weighted by Gasteiger charge is -2.25. The highest BCUT2D eigenvalue weighted by Gasteiger charge is 2.25. The molecule has 4 nitrogen and oxygen atoms in total. The molecule has 2 aliphatic rings. The van der Waals surface area contributed by atoms with Gasteiger partial charge in [-0.05, 0) is 12.8 Å². The van der Waals surface area contributed by atoms with Gasteiger partial charge in [-0.2, -0.15) is 0 Å². The molecule has 0 amide bonds. The van der Waals surface area contributed by atoms with Gasteiger partial charge in [-0.25, -0.2) is 0 Å². The van der Waals surface area contributed by atoms with Crippen molar-refractivity contribution >= 4 is 12.4 Å². The zero-order chi connectivity index (χ0) is 9.80. The normalized spacial score (nSPS) is 32.6. The highest BCUT2D eigenvalue weighted by Crippen LogP contribution is 2.10. The van der Waals surface area contributed by atoms with Gasteiger partial charge in [0.15, 0.2) is 0 Å². The van der Waals surface area contributed by atoms with Crippen LogP contribution in [0.2, 0.25) is 0 Å². The van der Waals surface area contributed by atoms with Crippen LogP contribution in [0, 0.1) is 5.92 Å². The molecule has 15 heavy (non-hydrogen) atoms. The summed E-state index contributed by atoms with van der Waals surface area (Å²) in [6.07, 6.45) is 2.05. The molecule has 0 aliphatic carbocycles. The molecule has 0 bridgehead atoms. The summed E-state index contributed by atoms with van der Waals surface area (Å²) in [7, 11) is 0. The Labute approximate surface area is 97.2 Å². The monoisotopic (exact) mass is 236 g/mol. The van der Waals surface area contributed by atoms with Crippen LogP contribution in [0.1, 0.15) is 12.8 Å². The first-order valence-electron chi connectivity index (χ1n) is 5.56. The van der Waals surface area contributed by atoms with E-state index >= 15 is 0 Å². The van der Waals surface area contributed by atoms with E-state index in [-0.39, 0.29) is 18.5 Å². The number of hydrogen-bond acceptors (Lipinski definition) is 4. The van der Waals surface area contributed by atoms with Gasteiger partial charge in [0.1, 0.15) is 0 Å². The summed E-state index contributed by atoms with van der Waals surface area (Å²) in [5.41, 5.74) is 0. The average Bonchev–Trinajstić information content (AvgIpc) is 2.63. The molecule has 0 saturated carbocycles. The minimum Gasteiger partial charge on any atom is -0.391 e. The van der Waals surface area contributed by atoms with Crippen molar-refractivity contribution in [1.29, 1.82) is 0 Å². The molecule has 0 radical (unpaired) electrons. The average molecular weight is 237 g/mol. The number of hydrogen-bond donors (Lipinski definition) is 3. The summed E-state index contributed by atoms with van der Waals surface area (Å²) in [6.45, 7) is 4.38. The van der Waals surface area contributed by atoms with Gasteiger partial charge in [-0.15, -0.1) is 12.4 Å². The molecule has 0 aromatic carbocycles. The molecule has 2 fully saturated rings. The molecule has 2 aliphatic heterocycles. The van der Waals surface area contributed by atoms with Crippen LogP contribution in [0.4, 0.5) is 0 Å². The quantitative estimate of drug-likeness (QED) is 0.633. The van der Waals surface area contributed by atoms with Crippen LogP contribution in [0.25, 0.3) is 0 Å². The summed E-state index contributed by atoms with van der Waals surface area (Å²) in [6, 6.07) is 0.594. The molecule has 90 valence electrons. The summed E-state index contributed by atoms with van der Waals surface area (Å²) < 4.78 is 5.29. The molecule has 0 spiro atoms. The topological polar surface area (TPSA) is 53.5 Å². The Balaban J connectivity index is 0.00000112. The standard InChI is InChI=1S/C10H20N2O2.ClH/c13-10-7-11-5-8(10)6-12-9-1-3-14-4-2-9;/h8-13H,1-7H2;1H. The Bertz CT molecular complexity index is 177. The van der Waals surface area contributed by atoms with Crippen LogP contribution in [-0.2, 0) is 4.74 Å². The Morgan fingerprint density at radius 1 is 1.27 bits per heavy atom. The summed E-state index contributed by atoms with van der Waals surface area (Å²) >= 11 is 0. The van der Waals surface area contributed by atoms with E-state index in [1.807, 2.05) is 0 Å². The van der Waals surface area contributed by atoms with Gasteiger partial charge in [0, 0.05) is 44.8 Å². The second-order valence-corrected chi connectivity index (χ2v) is 4.28. The number of aliphatic hydroxyl groups is 1. The number of nitrogens with one attached hydrogen (secondary N) is 2. The van der Waals surface area contributed by atoms with Crippen LogP contribution in [0.5, 0.6) is 0 Å². The number of ether oxygens (including phenoxy) is 1. The molecule has 5 heteroatoms. The zero-order valence-corrected chi connectivity index (χ0v) is 9.76. The first kappa shape index (κ1) is 13.2. The molecule has 2 unspecified atom stereocenters. The van der Waals surface area contributed by atoms with Gasteiger partial charge >= 0.3 is 0 Å². The van der Waals surface area contributed by atoms with Crippen LogP contribution >= 0.6 is 12.4 Å². The third kappa shape index (κ3) is 3.89. The maximum atomic E-state index is 9.59. The molecule has 0 aromatic rings. The molecule has 0 aromatic heterocycles. The van der Waals surface area contributed by atoms with E-state index in [0.29, 0.717) is 12.0 Å². The maximum Gasteiger partial charge on any atom is 0.0716 e. The van der Waals surface area contributed by atoms with Crippen LogP contribution in [0.15, 0.2) is 0 Å². The third-order valence-corrected chi connectivity index (χ3v) is 3.19. The van der Waals surface area contributed by atoms with E-state index in [4.69, 9.17) is 4.74 Å². The van der Waals surface area contributed by atoms with E-state index in [9.17, 15) is 5.11 Å². The second kappa shape index (κ2) is 6.66. The Kier molecular flexibility index (Phi) is 5.86. The summed E-state index contributed by atoms with van der Waals surface area (Å²) in [5.74, 6) is 0.387. The Morgan fingerprint density at radius 3 is 2.60 bits per heavy atom. The largest absolute Gasteiger partial charge is 0.391 e. The minimum atomic E-state index is -0.164. The van der Waals surface area contributed by atoms with Crippen molar-refractivity contribution in [3.8, 4) is 0 Å². The Morgan fingerprint density at radius 2 is 2.00 bits per heavy atom. The van der Waals surface area contributed by atoms with E-state index in [0.717, 1.165) is 45.7 Å². The van der Waals surface area contributed by atoms with Crippen molar-refractivity contribution in [2.45, 2.75) is 25.0 Å².